The Morgan fingerprint density at radius 3 is 1.20 bits per heavy atom. The van der Waals surface area contributed by atoms with Crippen molar-refractivity contribution in [3.05, 3.63) is 154 Å². The van der Waals surface area contributed by atoms with Crippen molar-refractivity contribution in [2.24, 2.45) is 0 Å². The van der Waals surface area contributed by atoms with Crippen LogP contribution in [0.15, 0.2) is 109 Å². The molecular weight excluding hydrogens is 532 g/mol. The van der Waals surface area contributed by atoms with Crippen molar-refractivity contribution in [3.63, 3.8) is 0 Å². The van der Waals surface area contributed by atoms with Crippen LogP contribution in [0.25, 0.3) is 22.3 Å². The van der Waals surface area contributed by atoms with Crippen molar-refractivity contribution in [3.8, 4) is 58.1 Å². The number of hydrogen-bond acceptors (Lipinski definition) is 2. The van der Waals surface area contributed by atoms with Gasteiger partial charge < -0.3 is 0 Å². The van der Waals surface area contributed by atoms with Crippen LogP contribution in [0.1, 0.15) is 44.5 Å². The molecule has 0 N–H and O–H groups in total. The van der Waals surface area contributed by atoms with E-state index in [2.05, 4.69) is 121 Å². The summed E-state index contributed by atoms with van der Waals surface area (Å²) in [6.45, 7) is 0. The molecule has 14 bridgehead atoms. The molecule has 2 nitrogen and oxygen atoms in total. The highest BCUT2D eigenvalue weighted by Gasteiger charge is 2.43. The molecule has 5 aromatic carbocycles. The predicted molar refractivity (Wildman–Crippen MR) is 173 cm³/mol. The van der Waals surface area contributed by atoms with Crippen molar-refractivity contribution in [1.29, 1.82) is 10.5 Å². The van der Waals surface area contributed by atoms with Gasteiger partial charge in [-0.1, -0.05) is 96.8 Å². The second-order valence-electron chi connectivity index (χ2n) is 12.3. The molecule has 0 unspecified atom stereocenters. The first-order valence-corrected chi connectivity index (χ1v) is 15.0. The summed E-state index contributed by atoms with van der Waals surface area (Å²) in [5.74, 6) is 12.4. The Labute approximate surface area is 258 Å². The molecule has 0 heterocycles. The van der Waals surface area contributed by atoms with Gasteiger partial charge in [0, 0.05) is 11.1 Å². The fourth-order valence-corrected chi connectivity index (χ4v) is 7.29. The lowest BCUT2D eigenvalue weighted by Gasteiger charge is -2.22. The fraction of sp³-hybridized carbons (Fsp3) is 0.143. The maximum atomic E-state index is 10.5. The zero-order valence-electron chi connectivity index (χ0n) is 24.1. The van der Waals surface area contributed by atoms with Gasteiger partial charge in [0.05, 0.1) is 23.0 Å². The first kappa shape index (κ1) is 25.9. The Morgan fingerprint density at radius 1 is 0.455 bits per heavy atom. The molecule has 0 aliphatic heterocycles. The van der Waals surface area contributed by atoms with E-state index in [9.17, 15) is 10.5 Å². The minimum absolute atomic E-state index is 0.590. The molecule has 0 saturated heterocycles. The molecule has 0 amide bonds. The molecule has 0 aromatic heterocycles. The number of nitriles is 2. The van der Waals surface area contributed by atoms with Crippen LogP contribution in [0, 0.1) is 46.3 Å². The van der Waals surface area contributed by atoms with Gasteiger partial charge in [0.1, 0.15) is 0 Å². The normalized spacial score (nSPS) is 20.0. The molecule has 204 valence electrons. The maximum Gasteiger partial charge on any atom is 0.0902 e. The van der Waals surface area contributed by atoms with Crippen molar-refractivity contribution in [2.45, 2.75) is 36.5 Å². The Hall–Kier alpha value is -5.80. The van der Waals surface area contributed by atoms with Crippen LogP contribution >= 0.6 is 0 Å². The zero-order chi connectivity index (χ0) is 29.7. The summed E-state index contributed by atoms with van der Waals surface area (Å²) in [4.78, 5) is 0. The Balaban J connectivity index is 1.25. The third kappa shape index (κ3) is 4.21. The van der Waals surface area contributed by atoms with Gasteiger partial charge in [-0.2, -0.15) is 10.5 Å². The molecule has 5 aromatic rings. The van der Waals surface area contributed by atoms with Gasteiger partial charge in [-0.25, -0.2) is 0 Å². The minimum atomic E-state index is -0.590. The lowest BCUT2D eigenvalue weighted by molar-refractivity contribution is 0.580. The number of benzene rings is 5. The van der Waals surface area contributed by atoms with Gasteiger partial charge >= 0.3 is 0 Å². The summed E-state index contributed by atoms with van der Waals surface area (Å²) in [6.07, 6.45) is 2.74. The molecule has 0 spiro atoms. The lowest BCUT2D eigenvalue weighted by atomic mass is 9.78. The smallest absolute Gasteiger partial charge is 0.0902 e. The van der Waals surface area contributed by atoms with Gasteiger partial charge in [-0.15, -0.1) is 0 Å². The molecule has 2 heteroatoms. The van der Waals surface area contributed by atoms with Crippen molar-refractivity contribution >= 4 is 0 Å². The van der Waals surface area contributed by atoms with Gasteiger partial charge in [-0.05, 0) is 117 Å². The Morgan fingerprint density at radius 2 is 0.841 bits per heavy atom. The van der Waals surface area contributed by atoms with Crippen molar-refractivity contribution in [1.82, 2.24) is 0 Å². The van der Waals surface area contributed by atoms with Crippen LogP contribution in [0.3, 0.4) is 0 Å². The number of hydrogen-bond donors (Lipinski definition) is 0. The number of rotatable bonds is 0. The maximum absolute atomic E-state index is 10.5. The van der Waals surface area contributed by atoms with E-state index in [0.29, 0.717) is 25.7 Å². The molecule has 44 heavy (non-hydrogen) atoms. The molecule has 13 rings (SSSR count). The molecule has 8 aliphatic rings. The SMILES string of the molecule is N#CC12Cc3cc4c(cc3C1)CC(C#N)(C4)c1ccc(cc1)-c1cccc(c1)C#CC#Cc1cccc(c1)-c1ccc2cc1. The Kier molecular flexibility index (Phi) is 5.82. The second-order valence-corrected chi connectivity index (χ2v) is 12.3. The third-order valence-corrected chi connectivity index (χ3v) is 9.66. The summed E-state index contributed by atoms with van der Waals surface area (Å²) >= 11 is 0. The van der Waals surface area contributed by atoms with Crippen LogP contribution in [0.5, 0.6) is 0 Å². The van der Waals surface area contributed by atoms with Gasteiger partial charge in [0.2, 0.25) is 0 Å². The van der Waals surface area contributed by atoms with E-state index < -0.39 is 10.8 Å². The van der Waals surface area contributed by atoms with E-state index in [1.807, 2.05) is 24.3 Å². The highest BCUT2D eigenvalue weighted by molar-refractivity contribution is 5.68. The quantitative estimate of drug-likeness (QED) is 0.182. The molecule has 0 atom stereocenters. The predicted octanol–water partition coefficient (Wildman–Crippen LogP) is 7.86. The monoisotopic (exact) mass is 558 g/mol. The average molecular weight is 559 g/mol. The molecule has 0 radical (unpaired) electrons. The summed E-state index contributed by atoms with van der Waals surface area (Å²) < 4.78 is 0. The van der Waals surface area contributed by atoms with Gasteiger partial charge in [0.15, 0.2) is 0 Å². The summed E-state index contributed by atoms with van der Waals surface area (Å²) in [7, 11) is 0. The largest absolute Gasteiger partial charge is 0.197 e. The average Bonchev–Trinajstić information content (AvgIpc) is 3.64. The van der Waals surface area contributed by atoms with E-state index in [1.54, 1.807) is 0 Å². The fourth-order valence-electron chi connectivity index (χ4n) is 7.29. The molecule has 0 saturated carbocycles. The lowest BCUT2D eigenvalue weighted by Crippen LogP contribution is -2.25. The summed E-state index contributed by atoms with van der Waals surface area (Å²) in [6, 6.07) is 43.3. The number of nitrogens with zero attached hydrogens (tertiary/aromatic N) is 2. The van der Waals surface area contributed by atoms with Crippen LogP contribution in [-0.4, -0.2) is 0 Å². The third-order valence-electron chi connectivity index (χ3n) is 9.66. The van der Waals surface area contributed by atoms with Gasteiger partial charge in [0.25, 0.3) is 0 Å². The summed E-state index contributed by atoms with van der Waals surface area (Å²) in [5, 5.41) is 21.0. The van der Waals surface area contributed by atoms with Crippen LogP contribution in [0.2, 0.25) is 0 Å². The minimum Gasteiger partial charge on any atom is -0.197 e. The van der Waals surface area contributed by atoms with Crippen LogP contribution < -0.4 is 0 Å². The molecule has 8 aliphatic carbocycles. The van der Waals surface area contributed by atoms with E-state index in [1.165, 1.54) is 22.3 Å². The first-order valence-electron chi connectivity index (χ1n) is 15.0. The summed E-state index contributed by atoms with van der Waals surface area (Å²) in [5.41, 5.74) is 12.0. The molecule has 0 fully saturated rings. The van der Waals surface area contributed by atoms with Crippen molar-refractivity contribution < 1.29 is 0 Å². The van der Waals surface area contributed by atoms with Crippen LogP contribution in [0.4, 0.5) is 0 Å². The van der Waals surface area contributed by atoms with E-state index in [0.717, 1.165) is 44.5 Å². The standard InChI is InChI=1S/C42H26N2/c43-27-41-23-35-21-37-25-42(28-44,26-38(37)22-36(35)24-41)40-17-13-32(14-18-40)34-10-4-8-30(20-34)6-2-1-5-29-7-3-9-33(19-29)31-11-15-39(41)16-12-31/h3-4,7-22H,23-26H2. The second kappa shape index (κ2) is 9.89. The topological polar surface area (TPSA) is 47.6 Å². The highest BCUT2D eigenvalue weighted by Crippen LogP contribution is 2.46. The first-order chi connectivity index (χ1) is 21.6. The Bertz CT molecular complexity index is 2010. The van der Waals surface area contributed by atoms with E-state index in [-0.39, 0.29) is 0 Å². The van der Waals surface area contributed by atoms with E-state index in [4.69, 9.17) is 0 Å². The van der Waals surface area contributed by atoms with Gasteiger partial charge in [-0.3, -0.25) is 0 Å². The van der Waals surface area contributed by atoms with Crippen LogP contribution in [-0.2, 0) is 36.5 Å². The van der Waals surface area contributed by atoms with E-state index >= 15 is 0 Å². The highest BCUT2D eigenvalue weighted by atomic mass is 14.5. The zero-order valence-corrected chi connectivity index (χ0v) is 24.1. The van der Waals surface area contributed by atoms with Crippen molar-refractivity contribution in [2.75, 3.05) is 0 Å². The molecular formula is C42H26N2.